The van der Waals surface area contributed by atoms with Crippen LogP contribution >= 0.6 is 0 Å². The molecule has 2 saturated heterocycles. The van der Waals surface area contributed by atoms with Crippen LogP contribution in [0.4, 0.5) is 4.39 Å². The fourth-order valence-electron chi connectivity index (χ4n) is 4.59. The standard InChI is InChI=1S/C24H30FN3O/c1-18-13-20(14-19-6-8-22(25)9-7-19)15-23(26-18)21-5-4-12-28(16-21)24(29)17-27-10-2-3-11-27/h6-9,13,15,21H,2-5,10-12,14,16-17H2,1H3/t21-/m0/s1. The van der Waals surface area contributed by atoms with Crippen LogP contribution in [0, 0.1) is 12.7 Å². The summed E-state index contributed by atoms with van der Waals surface area (Å²) in [5.74, 6) is 0.343. The van der Waals surface area contributed by atoms with Gasteiger partial charge in [0, 0.05) is 30.4 Å². The highest BCUT2D eigenvalue weighted by Gasteiger charge is 2.27. The maximum absolute atomic E-state index is 13.2. The Morgan fingerprint density at radius 2 is 1.83 bits per heavy atom. The predicted octanol–water partition coefficient (Wildman–Crippen LogP) is 3.92. The zero-order valence-electron chi connectivity index (χ0n) is 17.2. The lowest BCUT2D eigenvalue weighted by atomic mass is 9.92. The minimum absolute atomic E-state index is 0.207. The summed E-state index contributed by atoms with van der Waals surface area (Å²) in [4.78, 5) is 21.9. The number of rotatable bonds is 5. The Balaban J connectivity index is 1.44. The number of piperidine rings is 1. The Morgan fingerprint density at radius 3 is 2.59 bits per heavy atom. The van der Waals surface area contributed by atoms with Gasteiger partial charge in [0.15, 0.2) is 0 Å². The molecule has 0 bridgehead atoms. The van der Waals surface area contributed by atoms with Crippen molar-refractivity contribution in [3.8, 4) is 0 Å². The largest absolute Gasteiger partial charge is 0.341 e. The summed E-state index contributed by atoms with van der Waals surface area (Å²) in [6.07, 6.45) is 5.28. The molecule has 3 heterocycles. The molecule has 154 valence electrons. The third kappa shape index (κ3) is 5.21. The Labute approximate surface area is 172 Å². The highest BCUT2D eigenvalue weighted by atomic mass is 19.1. The first kappa shape index (κ1) is 20.0. The number of nitrogens with zero attached hydrogens (tertiary/aromatic N) is 3. The molecule has 2 aliphatic rings. The summed E-state index contributed by atoms with van der Waals surface area (Å²) in [6, 6.07) is 11.0. The Hall–Kier alpha value is -2.27. The molecular weight excluding hydrogens is 365 g/mol. The fraction of sp³-hybridized carbons (Fsp3) is 0.500. The number of likely N-dealkylation sites (tertiary alicyclic amines) is 2. The van der Waals surface area contributed by atoms with E-state index in [9.17, 15) is 9.18 Å². The van der Waals surface area contributed by atoms with E-state index in [0.717, 1.165) is 62.4 Å². The zero-order chi connectivity index (χ0) is 20.2. The van der Waals surface area contributed by atoms with Crippen molar-refractivity contribution in [1.82, 2.24) is 14.8 Å². The molecule has 0 N–H and O–H groups in total. The molecule has 29 heavy (non-hydrogen) atoms. The van der Waals surface area contributed by atoms with Crippen molar-refractivity contribution >= 4 is 5.91 Å². The van der Waals surface area contributed by atoms with E-state index >= 15 is 0 Å². The molecule has 0 unspecified atom stereocenters. The Morgan fingerprint density at radius 1 is 1.07 bits per heavy atom. The van der Waals surface area contributed by atoms with Crippen LogP contribution in [0.3, 0.4) is 0 Å². The van der Waals surface area contributed by atoms with Crippen LogP contribution in [0.1, 0.15) is 54.1 Å². The normalized spacial score (nSPS) is 20.2. The number of hydrogen-bond acceptors (Lipinski definition) is 3. The van der Waals surface area contributed by atoms with E-state index in [4.69, 9.17) is 4.98 Å². The lowest BCUT2D eigenvalue weighted by Crippen LogP contribution is -2.44. The van der Waals surface area contributed by atoms with Crippen LogP contribution in [0.15, 0.2) is 36.4 Å². The first-order chi connectivity index (χ1) is 14.1. The number of aromatic nitrogens is 1. The van der Waals surface area contributed by atoms with Gasteiger partial charge in [0.25, 0.3) is 0 Å². The van der Waals surface area contributed by atoms with Crippen molar-refractivity contribution in [2.24, 2.45) is 0 Å². The van der Waals surface area contributed by atoms with E-state index < -0.39 is 0 Å². The van der Waals surface area contributed by atoms with Gasteiger partial charge in [0.05, 0.1) is 6.54 Å². The molecule has 0 aliphatic carbocycles. The average molecular weight is 396 g/mol. The van der Waals surface area contributed by atoms with Gasteiger partial charge in [-0.2, -0.15) is 0 Å². The number of aryl methyl sites for hydroxylation is 1. The van der Waals surface area contributed by atoms with Crippen LogP contribution in [-0.4, -0.2) is 53.4 Å². The molecule has 0 spiro atoms. The molecule has 1 amide bonds. The molecule has 2 aromatic rings. The Kier molecular flexibility index (Phi) is 6.24. The van der Waals surface area contributed by atoms with Gasteiger partial charge in [0.2, 0.25) is 5.91 Å². The van der Waals surface area contributed by atoms with Crippen LogP contribution in [0.5, 0.6) is 0 Å². The minimum Gasteiger partial charge on any atom is -0.341 e. The van der Waals surface area contributed by atoms with Gasteiger partial charge >= 0.3 is 0 Å². The number of hydrogen-bond donors (Lipinski definition) is 0. The average Bonchev–Trinajstić information content (AvgIpc) is 3.22. The molecule has 1 aromatic heterocycles. The van der Waals surface area contributed by atoms with Crippen molar-refractivity contribution in [1.29, 1.82) is 0 Å². The molecule has 0 saturated carbocycles. The van der Waals surface area contributed by atoms with Gasteiger partial charge in [-0.3, -0.25) is 14.7 Å². The molecule has 4 rings (SSSR count). The summed E-state index contributed by atoms with van der Waals surface area (Å²) in [6.45, 7) is 6.31. The van der Waals surface area contributed by atoms with Crippen LogP contribution < -0.4 is 0 Å². The van der Waals surface area contributed by atoms with Gasteiger partial charge in [-0.15, -0.1) is 0 Å². The maximum atomic E-state index is 13.2. The number of amides is 1. The molecule has 5 heteroatoms. The van der Waals surface area contributed by atoms with Crippen molar-refractivity contribution < 1.29 is 9.18 Å². The molecule has 2 fully saturated rings. The Bertz CT molecular complexity index is 846. The third-order valence-electron chi connectivity index (χ3n) is 6.10. The summed E-state index contributed by atoms with van der Waals surface area (Å²) >= 11 is 0. The number of benzene rings is 1. The molecular formula is C24H30FN3O. The second kappa shape index (κ2) is 9.04. The van der Waals surface area contributed by atoms with E-state index in [2.05, 4.69) is 17.0 Å². The van der Waals surface area contributed by atoms with Crippen LogP contribution in [0.25, 0.3) is 0 Å². The topological polar surface area (TPSA) is 36.4 Å². The predicted molar refractivity (Wildman–Crippen MR) is 112 cm³/mol. The number of carbonyl (C=O) groups is 1. The molecule has 1 atom stereocenters. The summed E-state index contributed by atoms with van der Waals surface area (Å²) in [5, 5.41) is 0. The van der Waals surface area contributed by atoms with Gasteiger partial charge in [-0.1, -0.05) is 12.1 Å². The monoisotopic (exact) mass is 395 g/mol. The smallest absolute Gasteiger partial charge is 0.236 e. The van der Waals surface area contributed by atoms with Crippen molar-refractivity contribution in [2.45, 2.75) is 44.9 Å². The van der Waals surface area contributed by atoms with Crippen molar-refractivity contribution in [3.05, 3.63) is 64.7 Å². The highest BCUT2D eigenvalue weighted by molar-refractivity contribution is 5.78. The molecule has 1 aromatic carbocycles. The van der Waals surface area contributed by atoms with E-state index in [1.54, 1.807) is 0 Å². The first-order valence-electron chi connectivity index (χ1n) is 10.8. The van der Waals surface area contributed by atoms with E-state index in [1.165, 1.54) is 30.5 Å². The van der Waals surface area contributed by atoms with Crippen LogP contribution in [-0.2, 0) is 11.2 Å². The first-order valence-corrected chi connectivity index (χ1v) is 10.8. The summed E-state index contributed by atoms with van der Waals surface area (Å²) in [5.41, 5.74) is 4.37. The van der Waals surface area contributed by atoms with Crippen molar-refractivity contribution in [3.63, 3.8) is 0 Å². The maximum Gasteiger partial charge on any atom is 0.236 e. The van der Waals surface area contributed by atoms with E-state index in [-0.39, 0.29) is 17.6 Å². The fourth-order valence-corrected chi connectivity index (χ4v) is 4.59. The molecule has 4 nitrogen and oxygen atoms in total. The lowest BCUT2D eigenvalue weighted by Gasteiger charge is -2.33. The van der Waals surface area contributed by atoms with Gasteiger partial charge < -0.3 is 4.90 Å². The molecule has 0 radical (unpaired) electrons. The second-order valence-corrected chi connectivity index (χ2v) is 8.51. The molecule has 2 aliphatic heterocycles. The highest BCUT2D eigenvalue weighted by Crippen LogP contribution is 2.27. The summed E-state index contributed by atoms with van der Waals surface area (Å²) in [7, 11) is 0. The SMILES string of the molecule is Cc1cc(Cc2ccc(F)cc2)cc([C@H]2CCCN(C(=O)CN3CCCC3)C2)n1. The van der Waals surface area contributed by atoms with Crippen molar-refractivity contribution in [2.75, 3.05) is 32.7 Å². The number of halogens is 1. The van der Waals surface area contributed by atoms with E-state index in [0.29, 0.717) is 6.54 Å². The van der Waals surface area contributed by atoms with E-state index in [1.807, 2.05) is 24.0 Å². The van der Waals surface area contributed by atoms with Gasteiger partial charge in [-0.05, 0) is 87.5 Å². The zero-order valence-corrected chi connectivity index (χ0v) is 17.2. The summed E-state index contributed by atoms with van der Waals surface area (Å²) < 4.78 is 13.2. The lowest BCUT2D eigenvalue weighted by molar-refractivity contribution is -0.133. The number of carbonyl (C=O) groups excluding carboxylic acids is 1. The minimum atomic E-state index is -0.207. The van der Waals surface area contributed by atoms with Crippen LogP contribution in [0.2, 0.25) is 0 Å². The van der Waals surface area contributed by atoms with Gasteiger partial charge in [-0.25, -0.2) is 4.39 Å². The second-order valence-electron chi connectivity index (χ2n) is 8.51. The number of pyridine rings is 1. The third-order valence-corrected chi connectivity index (χ3v) is 6.10. The van der Waals surface area contributed by atoms with Gasteiger partial charge in [0.1, 0.15) is 5.82 Å². The quantitative estimate of drug-likeness (QED) is 0.770.